The minimum absolute atomic E-state index is 0.151. The molecule has 1 unspecified atom stereocenters. The second-order valence-electron chi connectivity index (χ2n) is 5.74. The molecule has 4 heteroatoms. The SMILES string of the molecule is CC(C)(C)OC(=O)NC12CC(C1)C2CO. The molecule has 15 heavy (non-hydrogen) atoms. The molecule has 3 fully saturated rings. The van der Waals surface area contributed by atoms with E-state index in [1.807, 2.05) is 20.8 Å². The van der Waals surface area contributed by atoms with Gasteiger partial charge in [0, 0.05) is 18.1 Å². The van der Waals surface area contributed by atoms with Gasteiger partial charge in [0.2, 0.25) is 0 Å². The van der Waals surface area contributed by atoms with Crippen LogP contribution in [0.25, 0.3) is 0 Å². The van der Waals surface area contributed by atoms with Gasteiger partial charge < -0.3 is 15.2 Å². The average Bonchev–Trinajstić information content (AvgIpc) is 1.93. The van der Waals surface area contributed by atoms with E-state index in [9.17, 15) is 4.79 Å². The van der Waals surface area contributed by atoms with Crippen LogP contribution in [-0.4, -0.2) is 28.9 Å². The monoisotopic (exact) mass is 213 g/mol. The third kappa shape index (κ3) is 1.71. The zero-order chi connectivity index (χ0) is 11.3. The zero-order valence-electron chi connectivity index (χ0n) is 9.54. The van der Waals surface area contributed by atoms with Gasteiger partial charge in [-0.3, -0.25) is 0 Å². The summed E-state index contributed by atoms with van der Waals surface area (Å²) in [7, 11) is 0. The van der Waals surface area contributed by atoms with Crippen molar-refractivity contribution in [3.05, 3.63) is 0 Å². The standard InChI is InChI=1S/C11H19NO3/c1-10(2,3)15-9(14)12-11-4-7(5-11)8(11)6-13/h7-8,13H,4-6H2,1-3H3,(H,12,14). The first-order valence-corrected chi connectivity index (χ1v) is 5.48. The van der Waals surface area contributed by atoms with Gasteiger partial charge in [-0.1, -0.05) is 0 Å². The highest BCUT2D eigenvalue weighted by Crippen LogP contribution is 2.61. The van der Waals surface area contributed by atoms with Gasteiger partial charge in [-0.15, -0.1) is 0 Å². The van der Waals surface area contributed by atoms with Crippen molar-refractivity contribution in [3.8, 4) is 0 Å². The largest absolute Gasteiger partial charge is 0.444 e. The maximum Gasteiger partial charge on any atom is 0.408 e. The number of carbonyl (C=O) groups is 1. The Kier molecular flexibility index (Phi) is 2.23. The first-order valence-electron chi connectivity index (χ1n) is 5.48. The predicted octanol–water partition coefficient (Wildman–Crippen LogP) is 1.28. The molecule has 2 N–H and O–H groups in total. The second-order valence-corrected chi connectivity index (χ2v) is 5.74. The number of aliphatic hydroxyl groups is 1. The number of rotatable bonds is 2. The Bertz CT molecular complexity index is 276. The van der Waals surface area contributed by atoms with E-state index in [-0.39, 0.29) is 24.2 Å². The Morgan fingerprint density at radius 2 is 2.13 bits per heavy atom. The van der Waals surface area contributed by atoms with E-state index in [0.717, 1.165) is 12.8 Å². The van der Waals surface area contributed by atoms with Crippen LogP contribution in [0.5, 0.6) is 0 Å². The van der Waals surface area contributed by atoms with Gasteiger partial charge in [0.25, 0.3) is 0 Å². The molecule has 0 aromatic heterocycles. The predicted molar refractivity (Wildman–Crippen MR) is 55.4 cm³/mol. The number of amides is 1. The van der Waals surface area contributed by atoms with E-state index in [4.69, 9.17) is 9.84 Å². The molecule has 0 aromatic carbocycles. The average molecular weight is 213 g/mol. The molecule has 3 rings (SSSR count). The van der Waals surface area contributed by atoms with Crippen LogP contribution in [0.15, 0.2) is 0 Å². The summed E-state index contributed by atoms with van der Waals surface area (Å²) < 4.78 is 5.20. The number of carbonyl (C=O) groups excluding carboxylic acids is 1. The van der Waals surface area contributed by atoms with Crippen LogP contribution >= 0.6 is 0 Å². The molecule has 3 aliphatic carbocycles. The second kappa shape index (κ2) is 3.11. The number of hydrogen-bond donors (Lipinski definition) is 2. The summed E-state index contributed by atoms with van der Waals surface area (Å²) in [5, 5.41) is 12.0. The molecular weight excluding hydrogens is 194 g/mol. The van der Waals surface area contributed by atoms with Gasteiger partial charge >= 0.3 is 6.09 Å². The Morgan fingerprint density at radius 1 is 1.53 bits per heavy atom. The lowest BCUT2D eigenvalue weighted by atomic mass is 9.42. The van der Waals surface area contributed by atoms with Crippen LogP contribution in [0, 0.1) is 11.8 Å². The Labute approximate surface area is 90.0 Å². The van der Waals surface area contributed by atoms with Gasteiger partial charge in [0.05, 0.1) is 0 Å². The molecule has 3 saturated carbocycles. The Balaban J connectivity index is 1.85. The minimum atomic E-state index is -0.456. The summed E-state index contributed by atoms with van der Waals surface area (Å²) >= 11 is 0. The molecule has 0 aliphatic heterocycles. The number of hydrogen-bond acceptors (Lipinski definition) is 3. The lowest BCUT2D eigenvalue weighted by Crippen LogP contribution is -2.76. The fourth-order valence-electron chi connectivity index (χ4n) is 2.62. The molecule has 0 heterocycles. The topological polar surface area (TPSA) is 58.6 Å². The molecule has 1 amide bonds. The fraction of sp³-hybridized carbons (Fsp3) is 0.909. The molecule has 4 nitrogen and oxygen atoms in total. The van der Waals surface area contributed by atoms with Crippen molar-refractivity contribution in [1.82, 2.24) is 5.32 Å². The van der Waals surface area contributed by atoms with Crippen LogP contribution < -0.4 is 5.32 Å². The molecule has 0 saturated heterocycles. The van der Waals surface area contributed by atoms with E-state index in [1.165, 1.54) is 0 Å². The van der Waals surface area contributed by atoms with Crippen LogP contribution in [0.4, 0.5) is 4.79 Å². The fourth-order valence-corrected chi connectivity index (χ4v) is 2.62. The number of ether oxygens (including phenoxy) is 1. The van der Waals surface area contributed by atoms with Crippen molar-refractivity contribution in [3.63, 3.8) is 0 Å². The smallest absolute Gasteiger partial charge is 0.408 e. The highest BCUT2D eigenvalue weighted by atomic mass is 16.6. The van der Waals surface area contributed by atoms with E-state index < -0.39 is 5.60 Å². The molecule has 3 aliphatic rings. The third-order valence-corrected chi connectivity index (χ3v) is 3.48. The van der Waals surface area contributed by atoms with Gasteiger partial charge in [-0.2, -0.15) is 0 Å². The summed E-state index contributed by atoms with van der Waals surface area (Å²) in [5.74, 6) is 0.870. The van der Waals surface area contributed by atoms with E-state index in [1.54, 1.807) is 0 Å². The van der Waals surface area contributed by atoms with Crippen molar-refractivity contribution >= 4 is 6.09 Å². The van der Waals surface area contributed by atoms with Crippen molar-refractivity contribution < 1.29 is 14.6 Å². The van der Waals surface area contributed by atoms with Crippen LogP contribution in [-0.2, 0) is 4.74 Å². The van der Waals surface area contributed by atoms with E-state index >= 15 is 0 Å². The minimum Gasteiger partial charge on any atom is -0.444 e. The normalized spacial score (nSPS) is 37.6. The number of alkyl carbamates (subject to hydrolysis) is 1. The Morgan fingerprint density at radius 3 is 2.47 bits per heavy atom. The quantitative estimate of drug-likeness (QED) is 0.726. The molecule has 0 aromatic rings. The summed E-state index contributed by atoms with van der Waals surface area (Å²) in [6.07, 6.45) is 1.63. The molecule has 0 spiro atoms. The zero-order valence-corrected chi connectivity index (χ0v) is 9.54. The van der Waals surface area contributed by atoms with Crippen LogP contribution in [0.2, 0.25) is 0 Å². The van der Waals surface area contributed by atoms with Crippen molar-refractivity contribution in [1.29, 1.82) is 0 Å². The molecule has 1 atom stereocenters. The summed E-state index contributed by atoms with van der Waals surface area (Å²) in [6, 6.07) is 0. The molecule has 86 valence electrons. The number of nitrogens with one attached hydrogen (secondary N) is 1. The van der Waals surface area contributed by atoms with Gasteiger partial charge in [0.1, 0.15) is 5.60 Å². The molecule has 2 bridgehead atoms. The molecule has 0 radical (unpaired) electrons. The van der Waals surface area contributed by atoms with E-state index in [0.29, 0.717) is 5.92 Å². The molecular formula is C11H19NO3. The van der Waals surface area contributed by atoms with Crippen molar-refractivity contribution in [2.75, 3.05) is 6.61 Å². The van der Waals surface area contributed by atoms with Crippen molar-refractivity contribution in [2.24, 2.45) is 11.8 Å². The lowest BCUT2D eigenvalue weighted by Gasteiger charge is -2.67. The summed E-state index contributed by atoms with van der Waals surface area (Å²) in [4.78, 5) is 11.5. The van der Waals surface area contributed by atoms with Crippen molar-refractivity contribution in [2.45, 2.75) is 44.8 Å². The van der Waals surface area contributed by atoms with Gasteiger partial charge in [0.15, 0.2) is 0 Å². The Hall–Kier alpha value is -0.770. The highest BCUT2D eigenvalue weighted by molar-refractivity contribution is 5.69. The van der Waals surface area contributed by atoms with Gasteiger partial charge in [-0.05, 0) is 39.5 Å². The summed E-state index contributed by atoms with van der Waals surface area (Å²) in [6.45, 7) is 5.70. The van der Waals surface area contributed by atoms with Crippen LogP contribution in [0.3, 0.4) is 0 Å². The van der Waals surface area contributed by atoms with E-state index in [2.05, 4.69) is 5.32 Å². The number of aliphatic hydroxyl groups excluding tert-OH is 1. The third-order valence-electron chi connectivity index (χ3n) is 3.48. The maximum atomic E-state index is 11.5. The highest BCUT2D eigenvalue weighted by Gasteiger charge is 2.65. The first-order chi connectivity index (χ1) is 6.86. The first kappa shape index (κ1) is 10.7. The summed E-state index contributed by atoms with van der Waals surface area (Å²) in [5.41, 5.74) is -0.607. The maximum absolute atomic E-state index is 11.5. The van der Waals surface area contributed by atoms with Gasteiger partial charge in [-0.25, -0.2) is 4.79 Å². The lowest BCUT2D eigenvalue weighted by molar-refractivity contribution is -0.153. The van der Waals surface area contributed by atoms with Crippen LogP contribution in [0.1, 0.15) is 33.6 Å².